The molecule has 1 atom stereocenters. The fourth-order valence-electron chi connectivity index (χ4n) is 4.67. The summed E-state index contributed by atoms with van der Waals surface area (Å²) >= 11 is 0. The van der Waals surface area contributed by atoms with E-state index in [2.05, 4.69) is 41.8 Å². The molecule has 0 saturated carbocycles. The van der Waals surface area contributed by atoms with Crippen LogP contribution in [0.2, 0.25) is 0 Å². The van der Waals surface area contributed by atoms with Crippen LogP contribution < -0.4 is 4.74 Å². The Labute approximate surface area is 199 Å². The molecule has 1 unspecified atom stereocenters. The van der Waals surface area contributed by atoms with Gasteiger partial charge in [-0.1, -0.05) is 56.3 Å². The minimum atomic E-state index is -0.417. The summed E-state index contributed by atoms with van der Waals surface area (Å²) in [6, 6.07) is 20.3. The number of hydrogen-bond donors (Lipinski definition) is 0. The largest absolute Gasteiger partial charge is 0.492 e. The fourth-order valence-corrected chi connectivity index (χ4v) is 4.67. The van der Waals surface area contributed by atoms with Gasteiger partial charge in [0.15, 0.2) is 5.78 Å². The van der Waals surface area contributed by atoms with Gasteiger partial charge in [0.1, 0.15) is 12.4 Å². The van der Waals surface area contributed by atoms with Crippen LogP contribution in [-0.4, -0.2) is 61.5 Å². The molecule has 0 bridgehead atoms. The Morgan fingerprint density at radius 3 is 2.30 bits per heavy atom. The molecule has 1 heterocycles. The monoisotopic (exact) mass is 447 g/mol. The number of piperazine rings is 1. The number of hydrogen-bond acceptors (Lipinski definition) is 5. The average molecular weight is 448 g/mol. The molecule has 1 fully saturated rings. The van der Waals surface area contributed by atoms with Crippen LogP contribution in [0.1, 0.15) is 49.5 Å². The molecule has 0 radical (unpaired) electrons. The maximum Gasteiger partial charge on any atom is 0.159 e. The van der Waals surface area contributed by atoms with E-state index in [-0.39, 0.29) is 11.7 Å². The molecule has 0 N–H and O–H groups in total. The number of nitriles is 1. The highest BCUT2D eigenvalue weighted by atomic mass is 16.5. The van der Waals surface area contributed by atoms with Crippen LogP contribution in [0.4, 0.5) is 0 Å². The van der Waals surface area contributed by atoms with Crippen molar-refractivity contribution in [2.45, 2.75) is 39.0 Å². The lowest BCUT2D eigenvalue weighted by atomic mass is 9.70. The molecule has 5 nitrogen and oxygen atoms in total. The highest BCUT2D eigenvalue weighted by Crippen LogP contribution is 2.36. The molecule has 33 heavy (non-hydrogen) atoms. The maximum absolute atomic E-state index is 11.5. The van der Waals surface area contributed by atoms with E-state index in [1.165, 1.54) is 0 Å². The molecular formula is C28H37N3O2. The summed E-state index contributed by atoms with van der Waals surface area (Å²) in [5, 5.41) is 10.1. The number of rotatable bonds is 11. The Morgan fingerprint density at radius 2 is 1.70 bits per heavy atom. The SMILES string of the molecule is CC(=O)c1cccc(OCCN2CCN(CCCC(C#N)(c3ccccc3)C(C)C)CC2)c1. The van der Waals surface area contributed by atoms with E-state index >= 15 is 0 Å². The minimum absolute atomic E-state index is 0.0562. The van der Waals surface area contributed by atoms with E-state index in [0.29, 0.717) is 12.2 Å². The van der Waals surface area contributed by atoms with Gasteiger partial charge in [-0.05, 0) is 49.9 Å². The number of carbonyl (C=O) groups excluding carboxylic acids is 1. The average Bonchev–Trinajstić information content (AvgIpc) is 2.83. The Kier molecular flexibility index (Phi) is 9.05. The third kappa shape index (κ3) is 6.66. The molecular weight excluding hydrogens is 410 g/mol. The topological polar surface area (TPSA) is 56.6 Å². The first-order chi connectivity index (χ1) is 15.9. The van der Waals surface area contributed by atoms with Crippen LogP contribution in [0.3, 0.4) is 0 Å². The van der Waals surface area contributed by atoms with Crippen LogP contribution in [0.5, 0.6) is 5.75 Å². The van der Waals surface area contributed by atoms with Gasteiger partial charge in [0.25, 0.3) is 0 Å². The summed E-state index contributed by atoms with van der Waals surface area (Å²) in [6.45, 7) is 12.6. The predicted molar refractivity (Wildman–Crippen MR) is 133 cm³/mol. The first-order valence-corrected chi connectivity index (χ1v) is 12.1. The van der Waals surface area contributed by atoms with Crippen LogP contribution in [0.15, 0.2) is 54.6 Å². The van der Waals surface area contributed by atoms with E-state index < -0.39 is 5.41 Å². The molecule has 0 aliphatic carbocycles. The third-order valence-corrected chi connectivity index (χ3v) is 6.90. The molecule has 0 amide bonds. The second kappa shape index (κ2) is 12.0. The van der Waals surface area contributed by atoms with Gasteiger partial charge < -0.3 is 9.64 Å². The lowest BCUT2D eigenvalue weighted by molar-refractivity contribution is 0.101. The molecule has 2 aromatic carbocycles. The zero-order valence-electron chi connectivity index (χ0n) is 20.3. The number of ketones is 1. The molecule has 2 aromatic rings. The molecule has 1 aliphatic heterocycles. The first-order valence-electron chi connectivity index (χ1n) is 12.1. The van der Waals surface area contributed by atoms with Crippen molar-refractivity contribution < 1.29 is 9.53 Å². The van der Waals surface area contributed by atoms with Gasteiger partial charge in [0.2, 0.25) is 0 Å². The summed E-state index contributed by atoms with van der Waals surface area (Å²) in [7, 11) is 0. The third-order valence-electron chi connectivity index (χ3n) is 6.90. The van der Waals surface area contributed by atoms with Gasteiger partial charge in [-0.2, -0.15) is 5.26 Å². The van der Waals surface area contributed by atoms with Crippen LogP contribution in [0, 0.1) is 17.2 Å². The lowest BCUT2D eigenvalue weighted by Gasteiger charge is -2.36. The second-order valence-corrected chi connectivity index (χ2v) is 9.32. The quantitative estimate of drug-likeness (QED) is 0.464. The highest BCUT2D eigenvalue weighted by molar-refractivity contribution is 5.94. The van der Waals surface area contributed by atoms with Gasteiger partial charge in [-0.25, -0.2) is 0 Å². The Hall–Kier alpha value is -2.68. The van der Waals surface area contributed by atoms with Crippen LogP contribution in [-0.2, 0) is 5.41 Å². The van der Waals surface area contributed by atoms with Gasteiger partial charge in [-0.3, -0.25) is 9.69 Å². The van der Waals surface area contributed by atoms with Crippen molar-refractivity contribution in [2.75, 3.05) is 45.9 Å². The Bertz CT molecular complexity index is 930. The van der Waals surface area contributed by atoms with Gasteiger partial charge in [-0.15, -0.1) is 0 Å². The van der Waals surface area contributed by atoms with Crippen molar-refractivity contribution in [1.82, 2.24) is 9.80 Å². The second-order valence-electron chi connectivity index (χ2n) is 9.32. The van der Waals surface area contributed by atoms with Crippen LogP contribution >= 0.6 is 0 Å². The van der Waals surface area contributed by atoms with Crippen molar-refractivity contribution >= 4 is 5.78 Å². The van der Waals surface area contributed by atoms with Crippen LogP contribution in [0.25, 0.3) is 0 Å². The fraction of sp³-hybridized carbons (Fsp3) is 0.500. The van der Waals surface area contributed by atoms with Crippen molar-refractivity contribution in [3.8, 4) is 11.8 Å². The van der Waals surface area contributed by atoms with E-state index in [0.717, 1.165) is 63.4 Å². The summed E-state index contributed by atoms with van der Waals surface area (Å²) < 4.78 is 5.87. The summed E-state index contributed by atoms with van der Waals surface area (Å²) in [6.07, 6.45) is 1.91. The zero-order chi connectivity index (χ0) is 23.7. The van der Waals surface area contributed by atoms with Gasteiger partial charge in [0, 0.05) is 38.3 Å². The smallest absolute Gasteiger partial charge is 0.159 e. The maximum atomic E-state index is 11.5. The first kappa shape index (κ1) is 25.0. The number of nitrogens with zero attached hydrogens (tertiary/aromatic N) is 3. The minimum Gasteiger partial charge on any atom is -0.492 e. The van der Waals surface area contributed by atoms with Gasteiger partial charge >= 0.3 is 0 Å². The number of carbonyl (C=O) groups is 1. The molecule has 0 spiro atoms. The molecule has 0 aromatic heterocycles. The number of benzene rings is 2. The Morgan fingerprint density at radius 1 is 1.03 bits per heavy atom. The van der Waals surface area contributed by atoms with E-state index in [4.69, 9.17) is 4.74 Å². The summed E-state index contributed by atoms with van der Waals surface area (Å²) in [4.78, 5) is 16.5. The van der Waals surface area contributed by atoms with E-state index in [1.54, 1.807) is 6.92 Å². The number of ether oxygens (including phenoxy) is 1. The molecule has 3 rings (SSSR count). The van der Waals surface area contributed by atoms with Crippen molar-refractivity contribution in [3.63, 3.8) is 0 Å². The van der Waals surface area contributed by atoms with Crippen molar-refractivity contribution in [1.29, 1.82) is 5.26 Å². The van der Waals surface area contributed by atoms with E-state index in [9.17, 15) is 10.1 Å². The lowest BCUT2D eigenvalue weighted by Crippen LogP contribution is -2.47. The molecule has 1 saturated heterocycles. The van der Waals surface area contributed by atoms with Gasteiger partial charge in [0.05, 0.1) is 11.5 Å². The van der Waals surface area contributed by atoms with Crippen molar-refractivity contribution in [3.05, 3.63) is 65.7 Å². The normalized spacial score (nSPS) is 16.8. The zero-order valence-corrected chi connectivity index (χ0v) is 20.3. The highest BCUT2D eigenvalue weighted by Gasteiger charge is 2.35. The number of Topliss-reactive ketones (excluding diaryl/α,β-unsaturated/α-hetero) is 1. The standard InChI is InChI=1S/C28H37N3O2/c1-23(2)28(22-29,26-10-5-4-6-11-26)13-8-14-30-15-17-31(18-16-30)19-20-33-27-12-7-9-25(21-27)24(3)32/h4-7,9-12,21,23H,8,13-20H2,1-3H3. The Balaban J connectivity index is 1.40. The summed E-state index contributed by atoms with van der Waals surface area (Å²) in [5.41, 5.74) is 1.41. The molecule has 1 aliphatic rings. The molecule has 176 valence electrons. The van der Waals surface area contributed by atoms with E-state index in [1.807, 2.05) is 42.5 Å². The summed E-state index contributed by atoms with van der Waals surface area (Å²) in [5.74, 6) is 1.09. The predicted octanol–water partition coefficient (Wildman–Crippen LogP) is 4.78. The van der Waals surface area contributed by atoms with Crippen molar-refractivity contribution in [2.24, 2.45) is 5.92 Å². The molecule has 5 heteroatoms.